The van der Waals surface area contributed by atoms with E-state index in [-0.39, 0.29) is 16.2 Å². The number of aryl methyl sites for hydroxylation is 1. The van der Waals surface area contributed by atoms with Gasteiger partial charge in [0.15, 0.2) is 0 Å². The predicted molar refractivity (Wildman–Crippen MR) is 152 cm³/mol. The van der Waals surface area contributed by atoms with Gasteiger partial charge >= 0.3 is 0 Å². The van der Waals surface area contributed by atoms with E-state index in [1.54, 1.807) is 6.33 Å². The monoisotopic (exact) mass is 478 g/mol. The Morgan fingerprint density at radius 3 is 2.34 bits per heavy atom. The first-order valence-electron chi connectivity index (χ1n) is 12.6. The third kappa shape index (κ3) is 3.13. The second-order valence-corrected chi connectivity index (χ2v) is 13.7. The van der Waals surface area contributed by atoms with Gasteiger partial charge in [0.05, 0.1) is 15.9 Å². The Balaban J connectivity index is 1.61. The highest BCUT2D eigenvalue weighted by atomic mass is 32.1. The highest BCUT2D eigenvalue weighted by Gasteiger charge is 2.47. The molecular formula is C32H34N2S. The molecule has 3 aromatic carbocycles. The van der Waals surface area contributed by atoms with E-state index in [4.69, 9.17) is 9.97 Å². The maximum atomic E-state index is 4.87. The molecule has 2 nitrogen and oxygen atoms in total. The van der Waals surface area contributed by atoms with Gasteiger partial charge in [-0.3, -0.25) is 0 Å². The van der Waals surface area contributed by atoms with Crippen LogP contribution in [-0.2, 0) is 17.3 Å². The summed E-state index contributed by atoms with van der Waals surface area (Å²) in [4.78, 5) is 9.63. The van der Waals surface area contributed by atoms with Crippen LogP contribution < -0.4 is 0 Å². The average Bonchev–Trinajstić information content (AvgIpc) is 3.24. The highest BCUT2D eigenvalue weighted by Crippen LogP contribution is 2.55. The summed E-state index contributed by atoms with van der Waals surface area (Å²) < 4.78 is 2.54. The molecule has 6 rings (SSSR count). The van der Waals surface area contributed by atoms with Crippen LogP contribution in [0.15, 0.2) is 48.8 Å². The van der Waals surface area contributed by atoms with Crippen LogP contribution in [0.25, 0.3) is 42.3 Å². The first-order valence-corrected chi connectivity index (χ1v) is 13.5. The number of rotatable bonds is 2. The molecule has 0 saturated heterocycles. The van der Waals surface area contributed by atoms with Gasteiger partial charge in [-0.15, -0.1) is 11.3 Å². The van der Waals surface area contributed by atoms with Gasteiger partial charge in [-0.1, -0.05) is 78.8 Å². The summed E-state index contributed by atoms with van der Waals surface area (Å²) in [6.07, 6.45) is 2.82. The van der Waals surface area contributed by atoms with E-state index in [0.717, 1.165) is 17.6 Å². The van der Waals surface area contributed by atoms with Crippen LogP contribution in [0.1, 0.15) is 70.7 Å². The van der Waals surface area contributed by atoms with E-state index in [9.17, 15) is 0 Å². The van der Waals surface area contributed by atoms with E-state index in [0.29, 0.717) is 0 Å². The molecule has 0 fully saturated rings. The van der Waals surface area contributed by atoms with E-state index in [1.807, 2.05) is 11.3 Å². The summed E-state index contributed by atoms with van der Waals surface area (Å²) in [5.74, 6) is 0. The van der Waals surface area contributed by atoms with Crippen molar-refractivity contribution in [1.29, 1.82) is 0 Å². The minimum Gasteiger partial charge on any atom is -0.235 e. The number of hydrogen-bond donors (Lipinski definition) is 0. The molecule has 0 N–H and O–H groups in total. The average molecular weight is 479 g/mol. The van der Waals surface area contributed by atoms with Gasteiger partial charge < -0.3 is 0 Å². The van der Waals surface area contributed by atoms with E-state index >= 15 is 0 Å². The van der Waals surface area contributed by atoms with Gasteiger partial charge in [0.2, 0.25) is 0 Å². The summed E-state index contributed by atoms with van der Waals surface area (Å²) >= 11 is 1.86. The van der Waals surface area contributed by atoms with Crippen molar-refractivity contribution >= 4 is 42.4 Å². The third-order valence-corrected chi connectivity index (χ3v) is 9.98. The maximum Gasteiger partial charge on any atom is 0.116 e. The lowest BCUT2D eigenvalue weighted by Crippen LogP contribution is -2.35. The fourth-order valence-corrected chi connectivity index (χ4v) is 7.32. The molecule has 0 aliphatic heterocycles. The highest BCUT2D eigenvalue weighted by molar-refractivity contribution is 7.26. The van der Waals surface area contributed by atoms with Crippen LogP contribution >= 0.6 is 11.3 Å². The first-order chi connectivity index (χ1) is 16.4. The van der Waals surface area contributed by atoms with Crippen molar-refractivity contribution in [3.05, 3.63) is 71.0 Å². The molecule has 1 aliphatic rings. The Bertz CT molecular complexity index is 1660. The van der Waals surface area contributed by atoms with Crippen molar-refractivity contribution < 1.29 is 0 Å². The normalized spacial score (nSPS) is 16.6. The molecule has 0 atom stereocenters. The van der Waals surface area contributed by atoms with Crippen LogP contribution in [0, 0.1) is 12.3 Å². The largest absolute Gasteiger partial charge is 0.235 e. The lowest BCUT2D eigenvalue weighted by molar-refractivity contribution is 0.322. The molecule has 0 spiro atoms. The third-order valence-electron chi connectivity index (χ3n) is 8.66. The Morgan fingerprint density at radius 2 is 1.60 bits per heavy atom. The maximum absolute atomic E-state index is 4.87. The fraction of sp³-hybridized carbons (Fsp3) is 0.375. The zero-order chi connectivity index (χ0) is 24.9. The molecule has 0 unspecified atom stereocenters. The van der Waals surface area contributed by atoms with Crippen molar-refractivity contribution in [2.75, 3.05) is 0 Å². The number of thiophene rings is 1. The van der Waals surface area contributed by atoms with Crippen molar-refractivity contribution in [2.24, 2.45) is 5.41 Å². The molecule has 0 amide bonds. The van der Waals surface area contributed by atoms with Crippen LogP contribution in [0.4, 0.5) is 0 Å². The Labute approximate surface area is 212 Å². The predicted octanol–water partition coefficient (Wildman–Crippen LogP) is 9.13. The van der Waals surface area contributed by atoms with Crippen LogP contribution in [-0.4, -0.2) is 9.97 Å². The first kappa shape index (κ1) is 22.7. The number of benzene rings is 3. The molecule has 2 aromatic heterocycles. The molecular weight excluding hydrogens is 444 g/mol. The second kappa shape index (κ2) is 7.13. The van der Waals surface area contributed by atoms with Gasteiger partial charge in [0, 0.05) is 15.6 Å². The minimum absolute atomic E-state index is 0.0374. The second-order valence-electron chi connectivity index (χ2n) is 12.6. The van der Waals surface area contributed by atoms with E-state index in [1.165, 1.54) is 53.4 Å². The lowest BCUT2D eigenvalue weighted by Gasteiger charge is -2.37. The topological polar surface area (TPSA) is 25.8 Å². The van der Waals surface area contributed by atoms with Crippen molar-refractivity contribution in [1.82, 2.24) is 9.97 Å². The van der Waals surface area contributed by atoms with Gasteiger partial charge in [-0.05, 0) is 74.7 Å². The summed E-state index contributed by atoms with van der Waals surface area (Å²) in [5, 5.41) is 3.98. The quantitative estimate of drug-likeness (QED) is 0.253. The lowest BCUT2D eigenvalue weighted by atomic mass is 9.66. The van der Waals surface area contributed by atoms with Crippen molar-refractivity contribution in [2.45, 2.75) is 72.6 Å². The number of fused-ring (bicyclic) bond motifs is 3. The van der Waals surface area contributed by atoms with Crippen LogP contribution in [0.3, 0.4) is 0 Å². The number of hydrogen-bond acceptors (Lipinski definition) is 3. The minimum atomic E-state index is 0.0374. The van der Waals surface area contributed by atoms with Crippen LogP contribution in [0.2, 0.25) is 0 Å². The summed E-state index contributed by atoms with van der Waals surface area (Å²) in [6, 6.07) is 16.1. The number of aromatic nitrogens is 2. The summed E-state index contributed by atoms with van der Waals surface area (Å²) in [7, 11) is 0. The SMILES string of the molecule is Cc1c(CC(C)(C)C)ccc2c1sc1c(-c3cc4c5c(cccc5c3)C(C)(C)C4(C)C)ncnc12. The Morgan fingerprint density at radius 1 is 0.857 bits per heavy atom. The molecule has 0 bridgehead atoms. The van der Waals surface area contributed by atoms with E-state index < -0.39 is 0 Å². The van der Waals surface area contributed by atoms with Gasteiger partial charge in [0.1, 0.15) is 6.33 Å². The molecule has 35 heavy (non-hydrogen) atoms. The van der Waals surface area contributed by atoms with Crippen molar-refractivity contribution in [3.8, 4) is 11.3 Å². The summed E-state index contributed by atoms with van der Waals surface area (Å²) in [5.41, 5.74) is 9.40. The molecule has 5 aromatic rings. The zero-order valence-corrected chi connectivity index (χ0v) is 22.9. The molecule has 0 saturated carbocycles. The zero-order valence-electron chi connectivity index (χ0n) is 22.1. The Kier molecular flexibility index (Phi) is 4.62. The van der Waals surface area contributed by atoms with Gasteiger partial charge in [0.25, 0.3) is 0 Å². The molecule has 1 aliphatic carbocycles. The Hall–Kier alpha value is -2.78. The van der Waals surface area contributed by atoms with Gasteiger partial charge in [-0.2, -0.15) is 0 Å². The molecule has 3 heteroatoms. The van der Waals surface area contributed by atoms with Crippen LogP contribution in [0.5, 0.6) is 0 Å². The smallest absolute Gasteiger partial charge is 0.116 e. The fourth-order valence-electron chi connectivity index (χ4n) is 6.03. The van der Waals surface area contributed by atoms with Gasteiger partial charge in [-0.25, -0.2) is 9.97 Å². The standard InChI is InChI=1S/C32H34N2S/c1-18-20(16-30(2,3)4)12-13-22-27-29(35-28(18)22)26(33-17-34-27)21-14-19-10-9-11-23-25(19)24(15-21)32(7,8)31(23,5)6/h9-15,17H,16H2,1-8H3. The molecule has 0 radical (unpaired) electrons. The summed E-state index contributed by atoms with van der Waals surface area (Å²) in [6.45, 7) is 18.7. The number of nitrogens with zero attached hydrogens (tertiary/aromatic N) is 2. The van der Waals surface area contributed by atoms with Crippen molar-refractivity contribution in [3.63, 3.8) is 0 Å². The molecule has 2 heterocycles. The molecule has 178 valence electrons. The van der Waals surface area contributed by atoms with E-state index in [2.05, 4.69) is 97.9 Å².